The van der Waals surface area contributed by atoms with Gasteiger partial charge >= 0.3 is 0 Å². The summed E-state index contributed by atoms with van der Waals surface area (Å²) in [5, 5.41) is 0. The number of halogens is 1. The molecule has 2 aliphatic rings. The number of hydrogen-bond acceptors (Lipinski definition) is 3. The summed E-state index contributed by atoms with van der Waals surface area (Å²) in [7, 11) is 0. The molecule has 0 spiro atoms. The molecular formula is C10H16ClNO3. The smallest absolute Gasteiger partial charge is 0.254 e. The number of ether oxygens (including phenoxy) is 2. The van der Waals surface area contributed by atoms with Crippen molar-refractivity contribution >= 4 is 17.5 Å². The summed E-state index contributed by atoms with van der Waals surface area (Å²) in [6, 6.07) is 0.391. The largest absolute Gasteiger partial charge is 0.376 e. The van der Waals surface area contributed by atoms with Gasteiger partial charge in [0.25, 0.3) is 5.91 Å². The van der Waals surface area contributed by atoms with Gasteiger partial charge in [0.05, 0.1) is 19.8 Å². The standard InChI is InChI=1S/C10H16ClNO3/c11-3-4-12(8-1-2-8)10(13)9-7-14-5-6-15-9/h8-9H,1-7H2. The molecule has 2 fully saturated rings. The highest BCUT2D eigenvalue weighted by Gasteiger charge is 2.36. The normalized spacial score (nSPS) is 26.3. The lowest BCUT2D eigenvalue weighted by Gasteiger charge is -2.29. The minimum atomic E-state index is -0.414. The highest BCUT2D eigenvalue weighted by molar-refractivity contribution is 6.18. The van der Waals surface area contributed by atoms with E-state index in [1.54, 1.807) is 0 Å². The van der Waals surface area contributed by atoms with E-state index < -0.39 is 6.10 Å². The summed E-state index contributed by atoms with van der Waals surface area (Å²) < 4.78 is 10.6. The molecule has 15 heavy (non-hydrogen) atoms. The van der Waals surface area contributed by atoms with Gasteiger partial charge in [-0.1, -0.05) is 0 Å². The second-order valence-corrected chi connectivity index (χ2v) is 4.26. The van der Waals surface area contributed by atoms with Gasteiger partial charge in [-0.2, -0.15) is 0 Å². The van der Waals surface area contributed by atoms with Gasteiger partial charge in [-0.25, -0.2) is 0 Å². The summed E-state index contributed by atoms with van der Waals surface area (Å²) in [5.74, 6) is 0.522. The average Bonchev–Trinajstić information content (AvgIpc) is 3.10. The number of rotatable bonds is 4. The zero-order valence-corrected chi connectivity index (χ0v) is 9.41. The second-order valence-electron chi connectivity index (χ2n) is 3.89. The fourth-order valence-electron chi connectivity index (χ4n) is 1.77. The number of hydrogen-bond donors (Lipinski definition) is 0. The summed E-state index contributed by atoms with van der Waals surface area (Å²) in [5.41, 5.74) is 0. The van der Waals surface area contributed by atoms with Crippen LogP contribution < -0.4 is 0 Å². The molecule has 1 unspecified atom stereocenters. The molecule has 2 rings (SSSR count). The van der Waals surface area contributed by atoms with Crippen molar-refractivity contribution in [3.05, 3.63) is 0 Å². The molecule has 1 atom stereocenters. The maximum absolute atomic E-state index is 12.0. The predicted molar refractivity (Wildman–Crippen MR) is 56.0 cm³/mol. The van der Waals surface area contributed by atoms with Crippen LogP contribution >= 0.6 is 11.6 Å². The quantitative estimate of drug-likeness (QED) is 0.669. The molecule has 0 aromatic heterocycles. The molecule has 4 nitrogen and oxygen atoms in total. The molecule has 5 heteroatoms. The molecule has 0 radical (unpaired) electrons. The van der Waals surface area contributed by atoms with Crippen LogP contribution in [0.15, 0.2) is 0 Å². The SMILES string of the molecule is O=C(C1COCCO1)N(CCCl)C1CC1. The van der Waals surface area contributed by atoms with E-state index in [-0.39, 0.29) is 5.91 Å². The van der Waals surface area contributed by atoms with Gasteiger partial charge in [0.1, 0.15) is 0 Å². The third-order valence-corrected chi connectivity index (χ3v) is 2.86. The molecule has 1 saturated heterocycles. The molecule has 1 amide bonds. The van der Waals surface area contributed by atoms with Crippen LogP contribution in [-0.4, -0.2) is 55.2 Å². The van der Waals surface area contributed by atoms with E-state index in [9.17, 15) is 4.79 Å². The van der Waals surface area contributed by atoms with Crippen molar-refractivity contribution in [3.63, 3.8) is 0 Å². The fourth-order valence-corrected chi connectivity index (χ4v) is 1.95. The Morgan fingerprint density at radius 1 is 1.40 bits per heavy atom. The zero-order chi connectivity index (χ0) is 10.7. The third kappa shape index (κ3) is 2.83. The maximum Gasteiger partial charge on any atom is 0.254 e. The fraction of sp³-hybridized carbons (Fsp3) is 0.900. The highest BCUT2D eigenvalue weighted by Crippen LogP contribution is 2.27. The van der Waals surface area contributed by atoms with Gasteiger partial charge in [0.15, 0.2) is 6.10 Å². The first-order valence-corrected chi connectivity index (χ1v) is 5.92. The molecule has 0 bridgehead atoms. The average molecular weight is 234 g/mol. The van der Waals surface area contributed by atoms with Crippen molar-refractivity contribution in [1.29, 1.82) is 0 Å². The van der Waals surface area contributed by atoms with Gasteiger partial charge < -0.3 is 14.4 Å². The molecule has 0 aromatic rings. The van der Waals surface area contributed by atoms with E-state index in [1.807, 2.05) is 4.90 Å². The molecular weight excluding hydrogens is 218 g/mol. The Labute approximate surface area is 94.5 Å². The Morgan fingerprint density at radius 2 is 2.20 bits per heavy atom. The van der Waals surface area contributed by atoms with E-state index in [2.05, 4.69) is 0 Å². The Hall–Kier alpha value is -0.320. The lowest BCUT2D eigenvalue weighted by molar-refractivity contribution is -0.158. The maximum atomic E-state index is 12.0. The van der Waals surface area contributed by atoms with Crippen LogP contribution in [0.2, 0.25) is 0 Å². The van der Waals surface area contributed by atoms with Gasteiger partial charge in [0, 0.05) is 18.5 Å². The van der Waals surface area contributed by atoms with Crippen molar-refractivity contribution in [1.82, 2.24) is 4.90 Å². The zero-order valence-electron chi connectivity index (χ0n) is 8.65. The summed E-state index contributed by atoms with van der Waals surface area (Å²) in [6.07, 6.45) is 1.77. The predicted octanol–water partition coefficient (Wildman–Crippen LogP) is 0.632. The van der Waals surface area contributed by atoms with E-state index in [0.29, 0.717) is 38.3 Å². The van der Waals surface area contributed by atoms with Gasteiger partial charge in [-0.15, -0.1) is 11.6 Å². The van der Waals surface area contributed by atoms with Gasteiger partial charge in [-0.05, 0) is 12.8 Å². The molecule has 0 N–H and O–H groups in total. The van der Waals surface area contributed by atoms with E-state index in [1.165, 1.54) is 0 Å². The third-order valence-electron chi connectivity index (χ3n) is 2.69. The van der Waals surface area contributed by atoms with E-state index in [4.69, 9.17) is 21.1 Å². The second kappa shape index (κ2) is 5.14. The summed E-state index contributed by atoms with van der Waals surface area (Å²) >= 11 is 5.69. The Balaban J connectivity index is 1.90. The van der Waals surface area contributed by atoms with Crippen molar-refractivity contribution in [3.8, 4) is 0 Å². The number of nitrogens with zero attached hydrogens (tertiary/aromatic N) is 1. The molecule has 86 valence electrons. The molecule has 0 aromatic carbocycles. The van der Waals surface area contributed by atoms with E-state index >= 15 is 0 Å². The minimum absolute atomic E-state index is 0.0397. The first-order valence-electron chi connectivity index (χ1n) is 5.38. The molecule has 1 aliphatic heterocycles. The van der Waals surface area contributed by atoms with Crippen molar-refractivity contribution < 1.29 is 14.3 Å². The first kappa shape index (κ1) is 11.2. The molecule has 1 saturated carbocycles. The summed E-state index contributed by atoms with van der Waals surface area (Å²) in [6.45, 7) is 2.09. The van der Waals surface area contributed by atoms with Crippen LogP contribution in [0.25, 0.3) is 0 Å². The van der Waals surface area contributed by atoms with Crippen molar-refractivity contribution in [2.24, 2.45) is 0 Å². The van der Waals surface area contributed by atoms with Crippen LogP contribution in [0.3, 0.4) is 0 Å². The minimum Gasteiger partial charge on any atom is -0.376 e. The molecule has 1 heterocycles. The number of carbonyl (C=O) groups is 1. The number of carbonyl (C=O) groups excluding carboxylic acids is 1. The van der Waals surface area contributed by atoms with Crippen LogP contribution in [0, 0.1) is 0 Å². The van der Waals surface area contributed by atoms with Crippen LogP contribution in [0.1, 0.15) is 12.8 Å². The van der Waals surface area contributed by atoms with Crippen molar-refractivity contribution in [2.75, 3.05) is 32.2 Å². The Bertz CT molecular complexity index is 227. The summed E-state index contributed by atoms with van der Waals surface area (Å²) in [4.78, 5) is 13.9. The Kier molecular flexibility index (Phi) is 3.83. The first-order chi connectivity index (χ1) is 7.33. The number of amides is 1. The van der Waals surface area contributed by atoms with Crippen LogP contribution in [0.5, 0.6) is 0 Å². The molecule has 1 aliphatic carbocycles. The van der Waals surface area contributed by atoms with Crippen LogP contribution in [-0.2, 0) is 14.3 Å². The topological polar surface area (TPSA) is 38.8 Å². The van der Waals surface area contributed by atoms with Crippen molar-refractivity contribution in [2.45, 2.75) is 25.0 Å². The van der Waals surface area contributed by atoms with Crippen LogP contribution in [0.4, 0.5) is 0 Å². The Morgan fingerprint density at radius 3 is 2.73 bits per heavy atom. The monoisotopic (exact) mass is 233 g/mol. The lowest BCUT2D eigenvalue weighted by Crippen LogP contribution is -2.47. The number of alkyl halides is 1. The van der Waals surface area contributed by atoms with Gasteiger partial charge in [0.2, 0.25) is 0 Å². The highest BCUT2D eigenvalue weighted by atomic mass is 35.5. The van der Waals surface area contributed by atoms with Gasteiger partial charge in [-0.3, -0.25) is 4.79 Å². The van der Waals surface area contributed by atoms with E-state index in [0.717, 1.165) is 12.8 Å². The lowest BCUT2D eigenvalue weighted by atomic mass is 10.3.